The van der Waals surface area contributed by atoms with Crippen LogP contribution >= 0.6 is 0 Å². The van der Waals surface area contributed by atoms with Gasteiger partial charge in [0.05, 0.1) is 6.61 Å². The summed E-state index contributed by atoms with van der Waals surface area (Å²) >= 11 is 0. The zero-order chi connectivity index (χ0) is 23.2. The first-order chi connectivity index (χ1) is 14.8. The highest BCUT2D eigenvalue weighted by molar-refractivity contribution is 5.94. The first-order valence-corrected chi connectivity index (χ1v) is 10.8. The highest BCUT2D eigenvalue weighted by atomic mass is 16.3. The second-order valence-corrected chi connectivity index (χ2v) is 7.90. The lowest BCUT2D eigenvalue weighted by atomic mass is 10.0. The molecule has 0 radical (unpaired) electrons. The van der Waals surface area contributed by atoms with Gasteiger partial charge >= 0.3 is 0 Å². The van der Waals surface area contributed by atoms with Crippen LogP contribution in [0, 0.1) is 0 Å². The largest absolute Gasteiger partial charge is 0.395 e. The molecule has 0 aliphatic carbocycles. The number of benzene rings is 2. The van der Waals surface area contributed by atoms with E-state index in [0.29, 0.717) is 30.5 Å². The lowest BCUT2D eigenvalue weighted by Crippen LogP contribution is -2.30. The molecule has 6 heteroatoms. The minimum absolute atomic E-state index is 0.00208. The van der Waals surface area contributed by atoms with Gasteiger partial charge in [-0.05, 0) is 54.3 Å². The molecule has 0 saturated heterocycles. The van der Waals surface area contributed by atoms with Gasteiger partial charge in [-0.15, -0.1) is 0 Å². The SMILES string of the molecule is CC(C)c1cccc(C(=O)NCCO)c1.CNCCNC(=O)c1cccc(C(C)C)c1. The van der Waals surface area contributed by atoms with Crippen molar-refractivity contribution < 1.29 is 14.7 Å². The minimum atomic E-state index is -0.133. The molecule has 0 aliphatic rings. The van der Waals surface area contributed by atoms with Crippen molar-refractivity contribution in [2.45, 2.75) is 39.5 Å². The zero-order valence-corrected chi connectivity index (χ0v) is 19.4. The van der Waals surface area contributed by atoms with Gasteiger partial charge in [-0.2, -0.15) is 0 Å². The number of carbonyl (C=O) groups excluding carboxylic acids is 2. The topological polar surface area (TPSA) is 90.5 Å². The monoisotopic (exact) mass is 427 g/mol. The van der Waals surface area contributed by atoms with E-state index in [1.807, 2.05) is 43.4 Å². The van der Waals surface area contributed by atoms with Crippen LogP contribution in [0.2, 0.25) is 0 Å². The summed E-state index contributed by atoms with van der Waals surface area (Å²) in [5, 5.41) is 17.1. The summed E-state index contributed by atoms with van der Waals surface area (Å²) < 4.78 is 0. The molecule has 31 heavy (non-hydrogen) atoms. The second kappa shape index (κ2) is 14.3. The van der Waals surface area contributed by atoms with E-state index < -0.39 is 0 Å². The number of rotatable bonds is 9. The third kappa shape index (κ3) is 9.77. The van der Waals surface area contributed by atoms with Gasteiger partial charge in [0, 0.05) is 30.8 Å². The molecule has 4 N–H and O–H groups in total. The van der Waals surface area contributed by atoms with E-state index in [1.54, 1.807) is 6.07 Å². The number of likely N-dealkylation sites (N-methyl/N-ethyl adjacent to an activating group) is 1. The van der Waals surface area contributed by atoms with Gasteiger partial charge in [0.15, 0.2) is 0 Å². The lowest BCUT2D eigenvalue weighted by Gasteiger charge is -2.08. The normalized spacial score (nSPS) is 10.5. The van der Waals surface area contributed by atoms with Crippen LogP contribution < -0.4 is 16.0 Å². The van der Waals surface area contributed by atoms with E-state index in [2.05, 4.69) is 49.7 Å². The molecule has 0 aromatic heterocycles. The number of hydrogen-bond acceptors (Lipinski definition) is 4. The predicted octanol–water partition coefficient (Wildman–Crippen LogP) is 3.29. The van der Waals surface area contributed by atoms with Crippen molar-refractivity contribution in [1.82, 2.24) is 16.0 Å². The molecular formula is C25H37N3O3. The van der Waals surface area contributed by atoms with Crippen LogP contribution in [-0.4, -0.2) is 50.2 Å². The van der Waals surface area contributed by atoms with E-state index >= 15 is 0 Å². The van der Waals surface area contributed by atoms with Gasteiger partial charge in [-0.25, -0.2) is 0 Å². The molecule has 0 heterocycles. The first kappa shape index (κ1) is 26.3. The standard InChI is InChI=1S/C13H20N2O.C12H17NO2/c1-10(2)11-5-4-6-12(9-11)13(16)15-8-7-14-3;1-9(2)10-4-3-5-11(8-10)12(15)13-6-7-14/h4-6,9-10,14H,7-8H2,1-3H3,(H,15,16);3-5,8-9,14H,6-7H2,1-2H3,(H,13,15). The fourth-order valence-corrected chi connectivity index (χ4v) is 2.75. The molecule has 0 spiro atoms. The van der Waals surface area contributed by atoms with Crippen molar-refractivity contribution >= 4 is 11.8 Å². The Balaban J connectivity index is 0.000000311. The highest BCUT2D eigenvalue weighted by Crippen LogP contribution is 2.16. The second-order valence-electron chi connectivity index (χ2n) is 7.90. The van der Waals surface area contributed by atoms with E-state index in [1.165, 1.54) is 5.56 Å². The van der Waals surface area contributed by atoms with E-state index in [-0.39, 0.29) is 18.4 Å². The van der Waals surface area contributed by atoms with Crippen molar-refractivity contribution in [3.8, 4) is 0 Å². The van der Waals surface area contributed by atoms with Crippen molar-refractivity contribution in [2.75, 3.05) is 33.3 Å². The average Bonchev–Trinajstić information content (AvgIpc) is 2.78. The minimum Gasteiger partial charge on any atom is -0.395 e. The first-order valence-electron chi connectivity index (χ1n) is 10.8. The van der Waals surface area contributed by atoms with Crippen molar-refractivity contribution in [3.63, 3.8) is 0 Å². The summed E-state index contributed by atoms with van der Waals surface area (Å²) in [6.07, 6.45) is 0. The summed E-state index contributed by atoms with van der Waals surface area (Å²) in [7, 11) is 1.87. The Kier molecular flexibility index (Phi) is 12.2. The summed E-state index contributed by atoms with van der Waals surface area (Å²) in [6.45, 7) is 10.1. The summed E-state index contributed by atoms with van der Waals surface area (Å²) in [5.41, 5.74) is 3.73. The summed E-state index contributed by atoms with van der Waals surface area (Å²) in [5.74, 6) is 0.727. The van der Waals surface area contributed by atoms with Gasteiger partial charge in [-0.3, -0.25) is 9.59 Å². The number of carbonyl (C=O) groups is 2. The van der Waals surface area contributed by atoms with E-state index in [4.69, 9.17) is 5.11 Å². The maximum absolute atomic E-state index is 11.8. The van der Waals surface area contributed by atoms with Crippen LogP contribution in [0.3, 0.4) is 0 Å². The predicted molar refractivity (Wildman–Crippen MR) is 127 cm³/mol. The number of aliphatic hydroxyl groups excluding tert-OH is 1. The molecule has 0 bridgehead atoms. The molecule has 0 aliphatic heterocycles. The van der Waals surface area contributed by atoms with Crippen LogP contribution in [-0.2, 0) is 0 Å². The third-order valence-electron chi connectivity index (χ3n) is 4.69. The van der Waals surface area contributed by atoms with Crippen LogP contribution in [0.5, 0.6) is 0 Å². The Hall–Kier alpha value is -2.70. The number of hydrogen-bond donors (Lipinski definition) is 4. The molecule has 0 unspecified atom stereocenters. The Morgan fingerprint density at radius 2 is 1.23 bits per heavy atom. The fourth-order valence-electron chi connectivity index (χ4n) is 2.75. The quantitative estimate of drug-likeness (QED) is 0.462. The number of amides is 2. The van der Waals surface area contributed by atoms with Crippen LogP contribution in [0.1, 0.15) is 71.4 Å². The van der Waals surface area contributed by atoms with Crippen LogP contribution in [0.15, 0.2) is 48.5 Å². The molecule has 0 atom stereocenters. The zero-order valence-electron chi connectivity index (χ0n) is 19.4. The molecule has 2 aromatic carbocycles. The van der Waals surface area contributed by atoms with Gasteiger partial charge in [0.2, 0.25) is 0 Å². The van der Waals surface area contributed by atoms with Gasteiger partial charge in [0.25, 0.3) is 11.8 Å². The van der Waals surface area contributed by atoms with Gasteiger partial charge in [0.1, 0.15) is 0 Å². The summed E-state index contributed by atoms with van der Waals surface area (Å²) in [6, 6.07) is 15.3. The lowest BCUT2D eigenvalue weighted by molar-refractivity contribution is 0.0940. The molecule has 170 valence electrons. The van der Waals surface area contributed by atoms with Crippen molar-refractivity contribution in [3.05, 3.63) is 70.8 Å². The number of aliphatic hydroxyl groups is 1. The maximum atomic E-state index is 11.8. The molecule has 2 amide bonds. The smallest absolute Gasteiger partial charge is 0.251 e. The fraction of sp³-hybridized carbons (Fsp3) is 0.440. The molecule has 0 fully saturated rings. The van der Waals surface area contributed by atoms with Crippen LogP contribution in [0.25, 0.3) is 0 Å². The molecule has 6 nitrogen and oxygen atoms in total. The molecule has 0 saturated carbocycles. The molecule has 2 aromatic rings. The van der Waals surface area contributed by atoms with E-state index in [9.17, 15) is 9.59 Å². The average molecular weight is 428 g/mol. The Morgan fingerprint density at radius 1 is 0.774 bits per heavy atom. The maximum Gasteiger partial charge on any atom is 0.251 e. The highest BCUT2D eigenvalue weighted by Gasteiger charge is 2.07. The van der Waals surface area contributed by atoms with E-state index in [0.717, 1.165) is 17.7 Å². The number of nitrogens with one attached hydrogen (secondary N) is 3. The molecule has 2 rings (SSSR count). The Labute approximate surface area is 186 Å². The molecular weight excluding hydrogens is 390 g/mol. The van der Waals surface area contributed by atoms with Crippen LogP contribution in [0.4, 0.5) is 0 Å². The van der Waals surface area contributed by atoms with Crippen molar-refractivity contribution in [1.29, 1.82) is 0 Å². The van der Waals surface area contributed by atoms with Crippen molar-refractivity contribution in [2.24, 2.45) is 0 Å². The summed E-state index contributed by atoms with van der Waals surface area (Å²) in [4.78, 5) is 23.3. The Bertz CT molecular complexity index is 819. The third-order valence-corrected chi connectivity index (χ3v) is 4.69. The Morgan fingerprint density at radius 3 is 1.61 bits per heavy atom. The van der Waals surface area contributed by atoms with Gasteiger partial charge < -0.3 is 21.1 Å². The van der Waals surface area contributed by atoms with Gasteiger partial charge in [-0.1, -0.05) is 52.0 Å².